The first-order valence-corrected chi connectivity index (χ1v) is 8.27. The van der Waals surface area contributed by atoms with Crippen molar-refractivity contribution in [1.29, 1.82) is 0 Å². The van der Waals surface area contributed by atoms with E-state index in [0.717, 1.165) is 37.0 Å². The molecule has 2 aliphatic rings. The van der Waals surface area contributed by atoms with Crippen molar-refractivity contribution in [3.05, 3.63) is 29.8 Å². The summed E-state index contributed by atoms with van der Waals surface area (Å²) < 4.78 is 0. The molecule has 1 aromatic rings. The van der Waals surface area contributed by atoms with Gasteiger partial charge in [0.05, 0.1) is 11.5 Å². The van der Waals surface area contributed by atoms with Crippen LogP contribution in [0.3, 0.4) is 0 Å². The third kappa shape index (κ3) is 2.59. The Morgan fingerprint density at radius 3 is 2.85 bits per heavy atom. The Morgan fingerprint density at radius 1 is 1.40 bits per heavy atom. The molecule has 0 radical (unpaired) electrons. The SMILES string of the molecule is CN(CC1(O)CCCC1)C(=O)C1CSc2ccccc21. The molecule has 1 atom stereocenters. The number of aliphatic hydroxyl groups is 1. The standard InChI is InChI=1S/C16H21NO2S/c1-17(11-16(19)8-4-5-9-16)15(18)13-10-20-14-7-3-2-6-12(13)14/h2-3,6-7,13,19H,4-5,8-11H2,1H3. The van der Waals surface area contributed by atoms with E-state index in [1.54, 1.807) is 16.7 Å². The Labute approximate surface area is 124 Å². The van der Waals surface area contributed by atoms with Crippen LogP contribution in [0.15, 0.2) is 29.2 Å². The summed E-state index contributed by atoms with van der Waals surface area (Å²) in [6.45, 7) is 0.467. The van der Waals surface area contributed by atoms with Gasteiger partial charge in [0.1, 0.15) is 0 Å². The molecule has 0 spiro atoms. The summed E-state index contributed by atoms with van der Waals surface area (Å²) in [6, 6.07) is 8.15. The van der Waals surface area contributed by atoms with E-state index in [2.05, 4.69) is 12.1 Å². The lowest BCUT2D eigenvalue weighted by molar-refractivity contribution is -0.134. The zero-order valence-electron chi connectivity index (χ0n) is 11.8. The van der Waals surface area contributed by atoms with E-state index in [1.807, 2.05) is 19.2 Å². The number of nitrogens with zero attached hydrogens (tertiary/aromatic N) is 1. The molecule has 4 heteroatoms. The maximum atomic E-state index is 12.6. The molecule has 3 nitrogen and oxygen atoms in total. The molecule has 20 heavy (non-hydrogen) atoms. The highest BCUT2D eigenvalue weighted by atomic mass is 32.2. The Morgan fingerprint density at radius 2 is 2.10 bits per heavy atom. The van der Waals surface area contributed by atoms with Crippen LogP contribution in [-0.4, -0.2) is 40.9 Å². The number of rotatable bonds is 3. The van der Waals surface area contributed by atoms with Crippen molar-refractivity contribution >= 4 is 17.7 Å². The molecule has 1 heterocycles. The first kappa shape index (κ1) is 14.0. The number of hydrogen-bond donors (Lipinski definition) is 1. The second-order valence-corrected chi connectivity index (χ2v) is 7.09. The van der Waals surface area contributed by atoms with Crippen LogP contribution in [0.4, 0.5) is 0 Å². The molecule has 1 aliphatic heterocycles. The summed E-state index contributed by atoms with van der Waals surface area (Å²) in [5, 5.41) is 10.4. The van der Waals surface area contributed by atoms with Crippen molar-refractivity contribution in [2.75, 3.05) is 19.3 Å². The normalized spacial score (nSPS) is 23.6. The molecule has 1 aromatic carbocycles. The minimum atomic E-state index is -0.657. The molecule has 108 valence electrons. The van der Waals surface area contributed by atoms with Gasteiger partial charge in [0, 0.05) is 24.2 Å². The molecule has 1 aliphatic carbocycles. The number of carbonyl (C=O) groups excluding carboxylic acids is 1. The number of amides is 1. The zero-order valence-corrected chi connectivity index (χ0v) is 12.7. The van der Waals surface area contributed by atoms with E-state index >= 15 is 0 Å². The first-order valence-electron chi connectivity index (χ1n) is 7.28. The van der Waals surface area contributed by atoms with Gasteiger partial charge >= 0.3 is 0 Å². The number of fused-ring (bicyclic) bond motifs is 1. The number of thioether (sulfide) groups is 1. The Kier molecular flexibility index (Phi) is 3.78. The van der Waals surface area contributed by atoms with E-state index in [4.69, 9.17) is 0 Å². The molecule has 0 saturated heterocycles. The third-order valence-corrected chi connectivity index (χ3v) is 5.62. The minimum Gasteiger partial charge on any atom is -0.388 e. The molecule has 0 bridgehead atoms. The smallest absolute Gasteiger partial charge is 0.230 e. The van der Waals surface area contributed by atoms with Gasteiger partial charge in [-0.05, 0) is 24.5 Å². The van der Waals surface area contributed by atoms with Crippen LogP contribution in [0.2, 0.25) is 0 Å². The zero-order chi connectivity index (χ0) is 14.2. The molecule has 1 unspecified atom stereocenters. The predicted octanol–water partition coefficient (Wildman–Crippen LogP) is 2.64. The Balaban J connectivity index is 1.70. The summed E-state index contributed by atoms with van der Waals surface area (Å²) in [4.78, 5) is 15.6. The lowest BCUT2D eigenvalue weighted by Gasteiger charge is -2.30. The van der Waals surface area contributed by atoms with Gasteiger partial charge in [-0.25, -0.2) is 0 Å². The second-order valence-electron chi connectivity index (χ2n) is 6.03. The summed E-state index contributed by atoms with van der Waals surface area (Å²) in [7, 11) is 1.82. The highest BCUT2D eigenvalue weighted by Gasteiger charge is 2.36. The summed E-state index contributed by atoms with van der Waals surface area (Å²) >= 11 is 1.75. The maximum absolute atomic E-state index is 12.6. The molecular formula is C16H21NO2S. The highest BCUT2D eigenvalue weighted by molar-refractivity contribution is 7.99. The van der Waals surface area contributed by atoms with Crippen molar-refractivity contribution in [2.45, 2.75) is 42.1 Å². The molecule has 3 rings (SSSR count). The largest absolute Gasteiger partial charge is 0.388 e. The van der Waals surface area contributed by atoms with Gasteiger partial charge in [-0.15, -0.1) is 11.8 Å². The van der Waals surface area contributed by atoms with Crippen LogP contribution in [0, 0.1) is 0 Å². The maximum Gasteiger partial charge on any atom is 0.230 e. The van der Waals surface area contributed by atoms with E-state index in [9.17, 15) is 9.90 Å². The molecular weight excluding hydrogens is 270 g/mol. The molecule has 1 saturated carbocycles. The fourth-order valence-corrected chi connectivity index (χ4v) is 4.56. The van der Waals surface area contributed by atoms with E-state index < -0.39 is 5.60 Å². The topological polar surface area (TPSA) is 40.5 Å². The van der Waals surface area contributed by atoms with E-state index in [1.165, 1.54) is 4.90 Å². The van der Waals surface area contributed by atoms with Gasteiger partial charge in [0.2, 0.25) is 5.91 Å². The molecule has 1 fully saturated rings. The number of likely N-dealkylation sites (N-methyl/N-ethyl adjacent to an activating group) is 1. The van der Waals surface area contributed by atoms with Crippen molar-refractivity contribution < 1.29 is 9.90 Å². The quantitative estimate of drug-likeness (QED) is 0.930. The highest BCUT2D eigenvalue weighted by Crippen LogP contribution is 2.40. The predicted molar refractivity (Wildman–Crippen MR) is 81.0 cm³/mol. The second kappa shape index (κ2) is 5.41. The summed E-state index contributed by atoms with van der Waals surface area (Å²) in [5.74, 6) is 0.912. The van der Waals surface area contributed by atoms with Crippen molar-refractivity contribution in [2.24, 2.45) is 0 Å². The lowest BCUT2D eigenvalue weighted by atomic mass is 9.97. The van der Waals surface area contributed by atoms with Gasteiger partial charge in [0.15, 0.2) is 0 Å². The number of carbonyl (C=O) groups is 1. The van der Waals surface area contributed by atoms with Gasteiger partial charge in [-0.3, -0.25) is 4.79 Å². The Bertz CT molecular complexity index is 511. The van der Waals surface area contributed by atoms with Gasteiger partial charge < -0.3 is 10.0 Å². The summed E-state index contributed by atoms with van der Waals surface area (Å²) in [6.07, 6.45) is 3.78. The average Bonchev–Trinajstić information content (AvgIpc) is 3.04. The van der Waals surface area contributed by atoms with Gasteiger partial charge in [-0.2, -0.15) is 0 Å². The summed E-state index contributed by atoms with van der Waals surface area (Å²) in [5.41, 5.74) is 0.489. The van der Waals surface area contributed by atoms with Gasteiger partial charge in [0.25, 0.3) is 0 Å². The lowest BCUT2D eigenvalue weighted by Crippen LogP contribution is -2.43. The fraction of sp³-hybridized carbons (Fsp3) is 0.562. The number of hydrogen-bond acceptors (Lipinski definition) is 3. The third-order valence-electron chi connectivity index (χ3n) is 4.44. The first-order chi connectivity index (χ1) is 9.59. The molecule has 1 amide bonds. The van der Waals surface area contributed by atoms with Crippen molar-refractivity contribution in [1.82, 2.24) is 4.90 Å². The van der Waals surface area contributed by atoms with Crippen LogP contribution in [-0.2, 0) is 4.79 Å². The van der Waals surface area contributed by atoms with Crippen LogP contribution >= 0.6 is 11.8 Å². The minimum absolute atomic E-state index is 0.0498. The van der Waals surface area contributed by atoms with Crippen LogP contribution in [0.25, 0.3) is 0 Å². The van der Waals surface area contributed by atoms with E-state index in [-0.39, 0.29) is 11.8 Å². The van der Waals surface area contributed by atoms with Crippen molar-refractivity contribution in [3.8, 4) is 0 Å². The van der Waals surface area contributed by atoms with Crippen molar-refractivity contribution in [3.63, 3.8) is 0 Å². The van der Waals surface area contributed by atoms with Crippen LogP contribution < -0.4 is 0 Å². The fourth-order valence-electron chi connectivity index (χ4n) is 3.34. The Hall–Kier alpha value is -1.00. The molecule has 0 aromatic heterocycles. The van der Waals surface area contributed by atoms with E-state index in [0.29, 0.717) is 6.54 Å². The monoisotopic (exact) mass is 291 g/mol. The van der Waals surface area contributed by atoms with Gasteiger partial charge in [-0.1, -0.05) is 31.0 Å². The van der Waals surface area contributed by atoms with Crippen LogP contribution in [0.5, 0.6) is 0 Å². The number of benzene rings is 1. The average molecular weight is 291 g/mol. The molecule has 1 N–H and O–H groups in total. The van der Waals surface area contributed by atoms with Crippen LogP contribution in [0.1, 0.15) is 37.2 Å².